The van der Waals surface area contributed by atoms with Crippen LogP contribution in [0.15, 0.2) is 30.3 Å². The molecule has 0 bridgehead atoms. The Bertz CT molecular complexity index is 367. The van der Waals surface area contributed by atoms with Crippen molar-refractivity contribution in [3.8, 4) is 5.75 Å². The van der Waals surface area contributed by atoms with Crippen molar-refractivity contribution in [1.29, 1.82) is 0 Å². The normalized spacial score (nSPS) is 11.1. The molecule has 3 heteroatoms. The third-order valence-corrected chi connectivity index (χ3v) is 1.87. The molecule has 0 saturated carbocycles. The van der Waals surface area contributed by atoms with Crippen molar-refractivity contribution < 1.29 is 14.6 Å². The Labute approximate surface area is 82.6 Å². The molecule has 0 aliphatic rings. The van der Waals surface area contributed by atoms with Crippen molar-refractivity contribution >= 4 is 11.5 Å². The van der Waals surface area contributed by atoms with Crippen LogP contribution in [0, 0.1) is 0 Å². The molecule has 0 heterocycles. The van der Waals surface area contributed by atoms with E-state index in [4.69, 9.17) is 9.84 Å². The molecule has 1 rings (SSSR count). The number of hydrogen-bond donors (Lipinski definition) is 1. The first-order valence-corrected chi connectivity index (χ1v) is 4.19. The SMILES string of the molecule is COc1cccc(/C(C)=C/C(=O)O)c1. The Morgan fingerprint density at radius 3 is 2.79 bits per heavy atom. The molecule has 0 aliphatic heterocycles. The number of carboxylic acids is 1. The molecule has 0 atom stereocenters. The number of rotatable bonds is 3. The van der Waals surface area contributed by atoms with Gasteiger partial charge in [0.25, 0.3) is 0 Å². The van der Waals surface area contributed by atoms with E-state index in [1.807, 2.05) is 18.2 Å². The first-order chi connectivity index (χ1) is 6.63. The van der Waals surface area contributed by atoms with E-state index < -0.39 is 5.97 Å². The summed E-state index contributed by atoms with van der Waals surface area (Å²) in [4.78, 5) is 10.4. The first kappa shape index (κ1) is 10.3. The van der Waals surface area contributed by atoms with Gasteiger partial charge >= 0.3 is 5.97 Å². The lowest BCUT2D eigenvalue weighted by atomic mass is 10.1. The maximum absolute atomic E-state index is 10.4. The fraction of sp³-hybridized carbons (Fsp3) is 0.182. The zero-order chi connectivity index (χ0) is 10.6. The molecule has 0 spiro atoms. The van der Waals surface area contributed by atoms with Gasteiger partial charge in [-0.1, -0.05) is 12.1 Å². The third-order valence-electron chi connectivity index (χ3n) is 1.87. The van der Waals surface area contributed by atoms with Gasteiger partial charge in [-0.3, -0.25) is 0 Å². The second-order valence-corrected chi connectivity index (χ2v) is 2.90. The summed E-state index contributed by atoms with van der Waals surface area (Å²) in [5.41, 5.74) is 1.56. The molecular weight excluding hydrogens is 180 g/mol. The van der Waals surface area contributed by atoms with E-state index in [9.17, 15) is 4.79 Å². The highest BCUT2D eigenvalue weighted by atomic mass is 16.5. The Morgan fingerprint density at radius 1 is 1.50 bits per heavy atom. The Balaban J connectivity index is 3.01. The maximum atomic E-state index is 10.4. The van der Waals surface area contributed by atoms with Crippen LogP contribution in [0.2, 0.25) is 0 Å². The van der Waals surface area contributed by atoms with Crippen LogP contribution in [0.1, 0.15) is 12.5 Å². The van der Waals surface area contributed by atoms with E-state index in [-0.39, 0.29) is 0 Å². The van der Waals surface area contributed by atoms with E-state index in [0.29, 0.717) is 5.57 Å². The van der Waals surface area contributed by atoms with Gasteiger partial charge in [0.1, 0.15) is 5.75 Å². The smallest absolute Gasteiger partial charge is 0.328 e. The van der Waals surface area contributed by atoms with Crippen molar-refractivity contribution in [3.05, 3.63) is 35.9 Å². The van der Waals surface area contributed by atoms with Gasteiger partial charge in [0.15, 0.2) is 0 Å². The van der Waals surface area contributed by atoms with Crippen LogP contribution in [0.25, 0.3) is 5.57 Å². The van der Waals surface area contributed by atoms with E-state index >= 15 is 0 Å². The summed E-state index contributed by atoms with van der Waals surface area (Å²) in [6, 6.07) is 7.29. The number of carbonyl (C=O) groups is 1. The van der Waals surface area contributed by atoms with Gasteiger partial charge in [-0.05, 0) is 30.2 Å². The highest BCUT2D eigenvalue weighted by Gasteiger charge is 1.99. The maximum Gasteiger partial charge on any atom is 0.328 e. The van der Waals surface area contributed by atoms with Gasteiger partial charge in [-0.25, -0.2) is 4.79 Å². The largest absolute Gasteiger partial charge is 0.497 e. The average Bonchev–Trinajstić information content (AvgIpc) is 2.17. The van der Waals surface area contributed by atoms with Crippen LogP contribution < -0.4 is 4.74 Å². The van der Waals surface area contributed by atoms with Gasteiger partial charge in [-0.2, -0.15) is 0 Å². The van der Waals surface area contributed by atoms with Gasteiger partial charge in [0, 0.05) is 6.08 Å². The minimum atomic E-state index is -0.940. The van der Waals surface area contributed by atoms with Crippen molar-refractivity contribution in [2.75, 3.05) is 7.11 Å². The summed E-state index contributed by atoms with van der Waals surface area (Å²) in [5, 5.41) is 8.56. The standard InChI is InChI=1S/C11H12O3/c1-8(6-11(12)13)9-4-3-5-10(7-9)14-2/h3-7H,1-2H3,(H,12,13)/b8-6+. The Kier molecular flexibility index (Phi) is 3.29. The minimum Gasteiger partial charge on any atom is -0.497 e. The fourth-order valence-electron chi connectivity index (χ4n) is 1.14. The Hall–Kier alpha value is -1.77. The van der Waals surface area contributed by atoms with Crippen molar-refractivity contribution in [2.45, 2.75) is 6.92 Å². The van der Waals surface area contributed by atoms with Gasteiger partial charge in [0.2, 0.25) is 0 Å². The molecule has 1 N–H and O–H groups in total. The summed E-state index contributed by atoms with van der Waals surface area (Å²) < 4.78 is 5.04. The number of hydrogen-bond acceptors (Lipinski definition) is 2. The molecular formula is C11H12O3. The van der Waals surface area contributed by atoms with Gasteiger partial charge in [0.05, 0.1) is 7.11 Å². The molecule has 74 valence electrons. The molecule has 0 radical (unpaired) electrons. The first-order valence-electron chi connectivity index (χ1n) is 4.19. The number of benzene rings is 1. The lowest BCUT2D eigenvalue weighted by Gasteiger charge is -2.03. The van der Waals surface area contributed by atoms with Crippen molar-refractivity contribution in [3.63, 3.8) is 0 Å². The van der Waals surface area contributed by atoms with Crippen LogP contribution in [0.4, 0.5) is 0 Å². The van der Waals surface area contributed by atoms with Crippen LogP contribution in [-0.4, -0.2) is 18.2 Å². The zero-order valence-electron chi connectivity index (χ0n) is 8.15. The van der Waals surface area contributed by atoms with E-state index in [2.05, 4.69) is 0 Å². The number of ether oxygens (including phenoxy) is 1. The second-order valence-electron chi connectivity index (χ2n) is 2.90. The summed E-state index contributed by atoms with van der Waals surface area (Å²) >= 11 is 0. The molecule has 1 aromatic carbocycles. The van der Waals surface area contributed by atoms with Crippen LogP contribution in [0.5, 0.6) is 5.75 Å². The van der Waals surface area contributed by atoms with Crippen LogP contribution in [0.3, 0.4) is 0 Å². The third kappa shape index (κ3) is 2.62. The summed E-state index contributed by atoms with van der Waals surface area (Å²) in [6.07, 6.45) is 1.18. The summed E-state index contributed by atoms with van der Waals surface area (Å²) in [5.74, 6) is -0.217. The number of allylic oxidation sites excluding steroid dienone is 1. The summed E-state index contributed by atoms with van der Waals surface area (Å²) in [6.45, 7) is 1.75. The highest BCUT2D eigenvalue weighted by Crippen LogP contribution is 2.19. The number of aliphatic carboxylic acids is 1. The van der Waals surface area contributed by atoms with Crippen molar-refractivity contribution in [1.82, 2.24) is 0 Å². The molecule has 0 unspecified atom stereocenters. The van der Waals surface area contributed by atoms with Crippen molar-refractivity contribution in [2.24, 2.45) is 0 Å². The lowest BCUT2D eigenvalue weighted by Crippen LogP contribution is -1.90. The minimum absolute atomic E-state index is 0.705. The van der Waals surface area contributed by atoms with E-state index in [1.165, 1.54) is 6.08 Å². The van der Waals surface area contributed by atoms with E-state index in [0.717, 1.165) is 11.3 Å². The molecule has 0 saturated heterocycles. The van der Waals surface area contributed by atoms with Crippen LogP contribution >= 0.6 is 0 Å². The predicted molar refractivity (Wildman–Crippen MR) is 54.3 cm³/mol. The Morgan fingerprint density at radius 2 is 2.21 bits per heavy atom. The zero-order valence-corrected chi connectivity index (χ0v) is 8.15. The van der Waals surface area contributed by atoms with E-state index in [1.54, 1.807) is 20.1 Å². The molecule has 0 fully saturated rings. The van der Waals surface area contributed by atoms with Gasteiger partial charge < -0.3 is 9.84 Å². The van der Waals surface area contributed by atoms with Gasteiger partial charge in [-0.15, -0.1) is 0 Å². The monoisotopic (exact) mass is 192 g/mol. The predicted octanol–water partition coefficient (Wildman–Crippen LogP) is 2.18. The lowest BCUT2D eigenvalue weighted by molar-refractivity contribution is -0.131. The molecule has 0 amide bonds. The average molecular weight is 192 g/mol. The second kappa shape index (κ2) is 4.46. The fourth-order valence-corrected chi connectivity index (χ4v) is 1.14. The number of carboxylic acid groups (broad SMARTS) is 1. The molecule has 1 aromatic rings. The van der Waals surface area contributed by atoms with Crippen LogP contribution in [-0.2, 0) is 4.79 Å². The topological polar surface area (TPSA) is 46.5 Å². The highest BCUT2D eigenvalue weighted by molar-refractivity contribution is 5.89. The molecule has 3 nitrogen and oxygen atoms in total. The molecule has 14 heavy (non-hydrogen) atoms. The molecule has 0 aliphatic carbocycles. The summed E-state index contributed by atoms with van der Waals surface area (Å²) in [7, 11) is 1.58. The number of methoxy groups -OCH3 is 1. The molecule has 0 aromatic heterocycles. The quantitative estimate of drug-likeness (QED) is 0.746.